The van der Waals surface area contributed by atoms with E-state index in [1.807, 2.05) is 25.2 Å². The van der Waals surface area contributed by atoms with Gasteiger partial charge in [-0.05, 0) is 42.5 Å². The molecule has 21 heavy (non-hydrogen) atoms. The highest BCUT2D eigenvalue weighted by atomic mass is 35.5. The average molecular weight is 310 g/mol. The Labute approximate surface area is 130 Å². The van der Waals surface area contributed by atoms with Crippen LogP contribution >= 0.6 is 11.6 Å². The standard InChI is InChI=1S/C16H20ClNO3/c1-18(10-12-3-2-8-21-11-12)14-6-4-13(15(17)9-14)5-7-16(19)20/h4-7,9,12H,2-3,8,10-11H2,1H3,(H,19,20)/b7-5+. The molecule has 1 unspecified atom stereocenters. The number of hydrogen-bond donors (Lipinski definition) is 1. The quantitative estimate of drug-likeness (QED) is 0.848. The molecule has 1 aliphatic heterocycles. The number of benzene rings is 1. The van der Waals surface area contributed by atoms with Crippen molar-refractivity contribution in [3.8, 4) is 0 Å². The largest absolute Gasteiger partial charge is 0.478 e. The Bertz CT molecular complexity index is 524. The molecule has 1 saturated heterocycles. The van der Waals surface area contributed by atoms with E-state index in [9.17, 15) is 4.79 Å². The van der Waals surface area contributed by atoms with Gasteiger partial charge in [-0.2, -0.15) is 0 Å². The molecule has 5 heteroatoms. The first kappa shape index (κ1) is 15.9. The van der Waals surface area contributed by atoms with Crippen LogP contribution in [0.5, 0.6) is 0 Å². The molecule has 0 spiro atoms. The number of carboxylic acids is 1. The number of rotatable bonds is 5. The van der Waals surface area contributed by atoms with Crippen LogP contribution in [0.2, 0.25) is 5.02 Å². The fraction of sp³-hybridized carbons (Fsp3) is 0.438. The van der Waals surface area contributed by atoms with Crippen LogP contribution in [0.4, 0.5) is 5.69 Å². The minimum absolute atomic E-state index is 0.550. The molecule has 1 heterocycles. The zero-order valence-corrected chi connectivity index (χ0v) is 12.8. The van der Waals surface area contributed by atoms with Gasteiger partial charge in [-0.3, -0.25) is 0 Å². The molecule has 1 aromatic rings. The summed E-state index contributed by atoms with van der Waals surface area (Å²) in [5.74, 6) is -0.432. The van der Waals surface area contributed by atoms with Gasteiger partial charge in [0, 0.05) is 37.0 Å². The maximum absolute atomic E-state index is 10.5. The number of halogens is 1. The Hall–Kier alpha value is -1.52. The lowest BCUT2D eigenvalue weighted by molar-refractivity contribution is -0.131. The van der Waals surface area contributed by atoms with Crippen LogP contribution < -0.4 is 4.90 Å². The van der Waals surface area contributed by atoms with Gasteiger partial charge in [0.05, 0.1) is 6.61 Å². The van der Waals surface area contributed by atoms with Gasteiger partial charge in [0.25, 0.3) is 0 Å². The van der Waals surface area contributed by atoms with E-state index in [0.29, 0.717) is 16.5 Å². The second kappa shape index (κ2) is 7.48. The van der Waals surface area contributed by atoms with Gasteiger partial charge in [-0.15, -0.1) is 0 Å². The molecule has 114 valence electrons. The fourth-order valence-corrected chi connectivity index (χ4v) is 2.73. The minimum Gasteiger partial charge on any atom is -0.478 e. The minimum atomic E-state index is -0.982. The van der Waals surface area contributed by atoms with Gasteiger partial charge < -0.3 is 14.7 Å². The van der Waals surface area contributed by atoms with Crippen LogP contribution in [0.1, 0.15) is 18.4 Å². The SMILES string of the molecule is CN(CC1CCCOC1)c1ccc(/C=C/C(=O)O)c(Cl)c1. The van der Waals surface area contributed by atoms with Crippen molar-refractivity contribution in [1.29, 1.82) is 0 Å². The van der Waals surface area contributed by atoms with E-state index < -0.39 is 5.97 Å². The summed E-state index contributed by atoms with van der Waals surface area (Å²) in [6, 6.07) is 5.66. The summed E-state index contributed by atoms with van der Waals surface area (Å²) in [6.45, 7) is 2.62. The van der Waals surface area contributed by atoms with Gasteiger partial charge in [0.15, 0.2) is 0 Å². The van der Waals surface area contributed by atoms with Crippen molar-refractivity contribution in [3.05, 3.63) is 34.9 Å². The van der Waals surface area contributed by atoms with E-state index in [-0.39, 0.29) is 0 Å². The Morgan fingerprint density at radius 2 is 2.38 bits per heavy atom. The molecule has 0 amide bonds. The maximum Gasteiger partial charge on any atom is 0.328 e. The molecule has 1 N–H and O–H groups in total. The van der Waals surface area contributed by atoms with Crippen molar-refractivity contribution in [2.45, 2.75) is 12.8 Å². The summed E-state index contributed by atoms with van der Waals surface area (Å²) in [4.78, 5) is 12.7. The van der Waals surface area contributed by atoms with Crippen LogP contribution in [0.3, 0.4) is 0 Å². The number of nitrogens with zero attached hydrogens (tertiary/aromatic N) is 1. The zero-order valence-electron chi connectivity index (χ0n) is 12.1. The van der Waals surface area contributed by atoms with E-state index in [1.165, 1.54) is 12.5 Å². The Morgan fingerprint density at radius 1 is 1.57 bits per heavy atom. The second-order valence-corrected chi connectivity index (χ2v) is 5.75. The van der Waals surface area contributed by atoms with Crippen molar-refractivity contribution >= 4 is 29.3 Å². The Kier molecular flexibility index (Phi) is 5.65. The lowest BCUT2D eigenvalue weighted by atomic mass is 10.0. The third-order valence-corrected chi connectivity index (χ3v) is 3.94. The molecular formula is C16H20ClNO3. The van der Waals surface area contributed by atoms with Crippen molar-refractivity contribution in [1.82, 2.24) is 0 Å². The van der Waals surface area contributed by atoms with Crippen molar-refractivity contribution < 1.29 is 14.6 Å². The topological polar surface area (TPSA) is 49.8 Å². The molecule has 4 nitrogen and oxygen atoms in total. The molecule has 1 aromatic carbocycles. The van der Waals surface area contributed by atoms with E-state index in [0.717, 1.165) is 37.9 Å². The molecule has 0 radical (unpaired) electrons. The van der Waals surface area contributed by atoms with Crippen molar-refractivity contribution in [2.24, 2.45) is 5.92 Å². The van der Waals surface area contributed by atoms with E-state index in [4.69, 9.17) is 21.4 Å². The normalized spacial score (nSPS) is 18.9. The maximum atomic E-state index is 10.5. The number of ether oxygens (including phenoxy) is 1. The predicted octanol–water partition coefficient (Wildman–Crippen LogP) is 3.30. The van der Waals surface area contributed by atoms with Gasteiger partial charge in [-0.1, -0.05) is 17.7 Å². The molecule has 0 bridgehead atoms. The fourth-order valence-electron chi connectivity index (χ4n) is 2.49. The van der Waals surface area contributed by atoms with Crippen LogP contribution in [0.25, 0.3) is 6.08 Å². The molecule has 1 fully saturated rings. The summed E-state index contributed by atoms with van der Waals surface area (Å²) < 4.78 is 5.50. The van der Waals surface area contributed by atoms with Gasteiger partial charge >= 0.3 is 5.97 Å². The molecule has 0 saturated carbocycles. The molecule has 0 aliphatic carbocycles. The third-order valence-electron chi connectivity index (χ3n) is 3.62. The highest BCUT2D eigenvalue weighted by molar-refractivity contribution is 6.32. The van der Waals surface area contributed by atoms with E-state index >= 15 is 0 Å². The van der Waals surface area contributed by atoms with E-state index in [1.54, 1.807) is 0 Å². The smallest absolute Gasteiger partial charge is 0.328 e. The number of carbonyl (C=O) groups is 1. The second-order valence-electron chi connectivity index (χ2n) is 5.34. The molecule has 1 aliphatic rings. The highest BCUT2D eigenvalue weighted by Crippen LogP contribution is 2.25. The zero-order chi connectivity index (χ0) is 15.2. The summed E-state index contributed by atoms with van der Waals surface area (Å²) in [6.07, 6.45) is 4.91. The third kappa shape index (κ3) is 4.76. The number of aliphatic carboxylic acids is 1. The first-order valence-corrected chi connectivity index (χ1v) is 7.43. The Morgan fingerprint density at radius 3 is 3.00 bits per heavy atom. The molecule has 0 aromatic heterocycles. The van der Waals surface area contributed by atoms with Crippen LogP contribution in [-0.4, -0.2) is 37.9 Å². The molecule has 2 rings (SSSR count). The summed E-state index contributed by atoms with van der Waals surface area (Å²) in [7, 11) is 2.03. The number of carboxylic acid groups (broad SMARTS) is 1. The van der Waals surface area contributed by atoms with Gasteiger partial charge in [0.2, 0.25) is 0 Å². The summed E-state index contributed by atoms with van der Waals surface area (Å²) in [5, 5.41) is 9.19. The number of hydrogen-bond acceptors (Lipinski definition) is 3. The van der Waals surface area contributed by atoms with Crippen LogP contribution in [0.15, 0.2) is 24.3 Å². The lowest BCUT2D eigenvalue weighted by Gasteiger charge is -2.28. The first-order valence-electron chi connectivity index (χ1n) is 7.05. The molecule has 1 atom stereocenters. The average Bonchev–Trinajstić information content (AvgIpc) is 2.46. The summed E-state index contributed by atoms with van der Waals surface area (Å²) >= 11 is 6.20. The summed E-state index contributed by atoms with van der Waals surface area (Å²) in [5.41, 5.74) is 1.73. The number of anilines is 1. The highest BCUT2D eigenvalue weighted by Gasteiger charge is 2.16. The monoisotopic (exact) mass is 309 g/mol. The Balaban J connectivity index is 2.02. The van der Waals surface area contributed by atoms with Crippen LogP contribution in [0, 0.1) is 5.92 Å². The first-order chi connectivity index (χ1) is 10.1. The van der Waals surface area contributed by atoms with Crippen molar-refractivity contribution in [3.63, 3.8) is 0 Å². The van der Waals surface area contributed by atoms with Gasteiger partial charge in [0.1, 0.15) is 0 Å². The predicted molar refractivity (Wildman–Crippen MR) is 84.9 cm³/mol. The molecular weight excluding hydrogens is 290 g/mol. The van der Waals surface area contributed by atoms with Crippen LogP contribution in [-0.2, 0) is 9.53 Å². The van der Waals surface area contributed by atoms with Crippen molar-refractivity contribution in [2.75, 3.05) is 31.7 Å². The lowest BCUT2D eigenvalue weighted by Crippen LogP contribution is -2.30. The van der Waals surface area contributed by atoms with E-state index in [2.05, 4.69) is 4.90 Å². The van der Waals surface area contributed by atoms with Gasteiger partial charge in [-0.25, -0.2) is 4.79 Å².